The van der Waals surface area contributed by atoms with Crippen molar-refractivity contribution in [3.8, 4) is 0 Å². The molecule has 1 atom stereocenters. The first-order valence-corrected chi connectivity index (χ1v) is 10.5. The topological polar surface area (TPSA) is 66.9 Å². The molecule has 1 unspecified atom stereocenters. The quantitative estimate of drug-likeness (QED) is 0.730. The lowest BCUT2D eigenvalue weighted by atomic mass is 10.0. The molecule has 30 heavy (non-hydrogen) atoms. The van der Waals surface area contributed by atoms with Crippen LogP contribution in [-0.2, 0) is 20.9 Å². The van der Waals surface area contributed by atoms with Crippen molar-refractivity contribution in [2.75, 3.05) is 33.8 Å². The molecule has 1 aliphatic heterocycles. The predicted molar refractivity (Wildman–Crippen MR) is 103 cm³/mol. The Balaban J connectivity index is 1.73. The molecule has 3 rings (SSSR count). The summed E-state index contributed by atoms with van der Waals surface area (Å²) in [5.74, 6) is -0.302. The molecule has 0 saturated carbocycles. The molecule has 0 radical (unpaired) electrons. The van der Waals surface area contributed by atoms with Crippen molar-refractivity contribution in [3.63, 3.8) is 0 Å². The highest BCUT2D eigenvalue weighted by atomic mass is 32.2. The van der Waals surface area contributed by atoms with Gasteiger partial charge in [0, 0.05) is 26.2 Å². The second-order valence-corrected chi connectivity index (χ2v) is 9.19. The van der Waals surface area contributed by atoms with Gasteiger partial charge in [-0.2, -0.15) is 13.2 Å². The van der Waals surface area contributed by atoms with Gasteiger partial charge in [0.2, 0.25) is 10.0 Å². The molecule has 6 nitrogen and oxygen atoms in total. The van der Waals surface area contributed by atoms with Crippen LogP contribution in [0.15, 0.2) is 53.4 Å². The smallest absolute Gasteiger partial charge is 0.370 e. The van der Waals surface area contributed by atoms with Gasteiger partial charge >= 0.3 is 6.18 Å². The molecule has 0 N–H and O–H groups in total. The first-order valence-electron chi connectivity index (χ1n) is 9.11. The molecule has 1 aliphatic rings. The zero-order valence-electron chi connectivity index (χ0n) is 16.4. The number of alkyl halides is 3. The second-order valence-electron chi connectivity index (χ2n) is 7.04. The van der Waals surface area contributed by atoms with Gasteiger partial charge in [-0.15, -0.1) is 0 Å². The number of nitrogens with zero attached hydrogens (tertiary/aromatic N) is 2. The molecule has 162 valence electrons. The maximum atomic E-state index is 12.8. The van der Waals surface area contributed by atoms with E-state index < -0.39 is 27.9 Å². The van der Waals surface area contributed by atoms with Gasteiger partial charge in [0.1, 0.15) is 6.10 Å². The number of halogens is 3. The van der Waals surface area contributed by atoms with Crippen LogP contribution in [0.2, 0.25) is 0 Å². The van der Waals surface area contributed by atoms with E-state index in [9.17, 15) is 26.4 Å². The summed E-state index contributed by atoms with van der Waals surface area (Å²) in [5, 5.41) is 0. The number of carbonyl (C=O) groups excluding carboxylic acids is 1. The van der Waals surface area contributed by atoms with Crippen LogP contribution >= 0.6 is 0 Å². The summed E-state index contributed by atoms with van der Waals surface area (Å²) in [6, 6.07) is 10.3. The lowest BCUT2D eigenvalue weighted by molar-refractivity contribution is -0.137. The number of ether oxygens (including phenoxy) is 1. The Kier molecular flexibility index (Phi) is 6.21. The average Bonchev–Trinajstić information content (AvgIpc) is 2.73. The third kappa shape index (κ3) is 4.66. The molecule has 10 heteroatoms. The Bertz CT molecular complexity index is 1000. The van der Waals surface area contributed by atoms with Gasteiger partial charge in [-0.3, -0.25) is 4.79 Å². The number of hydrogen-bond donors (Lipinski definition) is 0. The van der Waals surface area contributed by atoms with E-state index in [0.717, 1.165) is 16.4 Å². The van der Waals surface area contributed by atoms with Crippen LogP contribution in [-0.4, -0.2) is 57.3 Å². The Morgan fingerprint density at radius 2 is 1.67 bits per heavy atom. The minimum Gasteiger partial charge on any atom is -0.370 e. The van der Waals surface area contributed by atoms with Crippen LogP contribution in [0.3, 0.4) is 0 Å². The second kappa shape index (κ2) is 8.37. The molecule has 1 saturated heterocycles. The van der Waals surface area contributed by atoms with Crippen LogP contribution in [0.4, 0.5) is 13.2 Å². The van der Waals surface area contributed by atoms with Gasteiger partial charge in [0.05, 0.1) is 23.6 Å². The molecule has 0 bridgehead atoms. The van der Waals surface area contributed by atoms with Gasteiger partial charge in [-0.1, -0.05) is 12.1 Å². The Morgan fingerprint density at radius 1 is 1.07 bits per heavy atom. The Morgan fingerprint density at radius 3 is 2.20 bits per heavy atom. The summed E-state index contributed by atoms with van der Waals surface area (Å²) in [5.41, 5.74) is 0.122. The van der Waals surface area contributed by atoms with Gasteiger partial charge in [-0.05, 0) is 42.0 Å². The zero-order chi connectivity index (χ0) is 22.1. The SMILES string of the molecule is CN(C)S(=O)(=O)c1ccc(C(=O)N2CCOC(c3ccc(C(F)(F)F)cc3)C2)cc1. The molecule has 0 aromatic heterocycles. The van der Waals surface area contributed by atoms with E-state index >= 15 is 0 Å². The lowest BCUT2D eigenvalue weighted by Crippen LogP contribution is -2.42. The number of sulfonamides is 1. The minimum atomic E-state index is -4.42. The highest BCUT2D eigenvalue weighted by Gasteiger charge is 2.31. The maximum Gasteiger partial charge on any atom is 0.416 e. The Labute approximate surface area is 172 Å². The van der Waals surface area contributed by atoms with Crippen LogP contribution in [0.25, 0.3) is 0 Å². The fraction of sp³-hybridized carbons (Fsp3) is 0.350. The van der Waals surface area contributed by atoms with Crippen LogP contribution in [0.1, 0.15) is 27.6 Å². The van der Waals surface area contributed by atoms with Gasteiger partial charge in [0.25, 0.3) is 5.91 Å². The van der Waals surface area contributed by atoms with Crippen LogP contribution in [0.5, 0.6) is 0 Å². The molecule has 1 fully saturated rings. The standard InChI is InChI=1S/C20H21F3N2O4S/c1-24(2)30(27,28)17-9-5-15(6-10-17)19(26)25-11-12-29-18(13-25)14-3-7-16(8-4-14)20(21,22)23/h3-10,18H,11-13H2,1-2H3. The molecule has 1 amide bonds. The number of carbonyl (C=O) groups is 1. The molecule has 0 spiro atoms. The van der Waals surface area contributed by atoms with E-state index in [-0.39, 0.29) is 24.0 Å². The number of hydrogen-bond acceptors (Lipinski definition) is 4. The fourth-order valence-electron chi connectivity index (χ4n) is 3.09. The van der Waals surface area contributed by atoms with Crippen molar-refractivity contribution in [2.24, 2.45) is 0 Å². The fourth-order valence-corrected chi connectivity index (χ4v) is 3.99. The van der Waals surface area contributed by atoms with Crippen LogP contribution in [0, 0.1) is 0 Å². The lowest BCUT2D eigenvalue weighted by Gasteiger charge is -2.33. The highest BCUT2D eigenvalue weighted by Crippen LogP contribution is 2.31. The van der Waals surface area contributed by atoms with Crippen molar-refractivity contribution in [2.45, 2.75) is 17.2 Å². The average molecular weight is 442 g/mol. The van der Waals surface area contributed by atoms with E-state index in [4.69, 9.17) is 4.74 Å². The maximum absolute atomic E-state index is 12.8. The first-order chi connectivity index (χ1) is 14.0. The number of benzene rings is 2. The molecule has 2 aromatic rings. The highest BCUT2D eigenvalue weighted by molar-refractivity contribution is 7.89. The summed E-state index contributed by atoms with van der Waals surface area (Å²) in [7, 11) is -0.754. The van der Waals surface area contributed by atoms with Gasteiger partial charge < -0.3 is 9.64 Å². The summed E-state index contributed by atoms with van der Waals surface area (Å²) in [4.78, 5) is 14.4. The van der Waals surface area contributed by atoms with Gasteiger partial charge in [0.15, 0.2) is 0 Å². The molecular weight excluding hydrogens is 421 g/mol. The molecule has 1 heterocycles. The monoisotopic (exact) mass is 442 g/mol. The van der Waals surface area contributed by atoms with Gasteiger partial charge in [-0.25, -0.2) is 12.7 Å². The predicted octanol–water partition coefficient (Wildman–Crippen LogP) is 3.17. The van der Waals surface area contributed by atoms with E-state index in [1.807, 2.05) is 0 Å². The van der Waals surface area contributed by atoms with E-state index in [2.05, 4.69) is 0 Å². The molecule has 2 aromatic carbocycles. The largest absolute Gasteiger partial charge is 0.416 e. The zero-order valence-corrected chi connectivity index (χ0v) is 17.2. The van der Waals surface area contributed by atoms with E-state index in [1.54, 1.807) is 4.90 Å². The third-order valence-corrected chi connectivity index (χ3v) is 6.67. The van der Waals surface area contributed by atoms with Crippen molar-refractivity contribution >= 4 is 15.9 Å². The van der Waals surface area contributed by atoms with Crippen molar-refractivity contribution in [1.82, 2.24) is 9.21 Å². The molecular formula is C20H21F3N2O4S. The van der Waals surface area contributed by atoms with Crippen LogP contribution < -0.4 is 0 Å². The first kappa shape index (κ1) is 22.3. The third-order valence-electron chi connectivity index (χ3n) is 4.84. The Hall–Kier alpha value is -2.43. The summed E-state index contributed by atoms with van der Waals surface area (Å²) in [6.07, 6.45) is -4.96. The normalized spacial score (nSPS) is 17.9. The summed E-state index contributed by atoms with van der Waals surface area (Å²) < 4.78 is 69.2. The number of rotatable bonds is 4. The number of morpholine rings is 1. The van der Waals surface area contributed by atoms with Crippen molar-refractivity contribution in [1.29, 1.82) is 0 Å². The van der Waals surface area contributed by atoms with E-state index in [0.29, 0.717) is 17.7 Å². The minimum absolute atomic E-state index is 0.0775. The van der Waals surface area contributed by atoms with Crippen molar-refractivity contribution < 1.29 is 31.1 Å². The summed E-state index contributed by atoms with van der Waals surface area (Å²) in [6.45, 7) is 0.750. The summed E-state index contributed by atoms with van der Waals surface area (Å²) >= 11 is 0. The van der Waals surface area contributed by atoms with E-state index in [1.165, 1.54) is 50.5 Å². The molecule has 0 aliphatic carbocycles. The van der Waals surface area contributed by atoms with Crippen molar-refractivity contribution in [3.05, 3.63) is 65.2 Å². The number of amides is 1.